The second kappa shape index (κ2) is 6.45. The Morgan fingerprint density at radius 1 is 1.22 bits per heavy atom. The fraction of sp³-hybridized carbons (Fsp3) is 0.111. The first-order valence-corrected chi connectivity index (χ1v) is 8.13. The molecule has 0 radical (unpaired) electrons. The van der Waals surface area contributed by atoms with Gasteiger partial charge < -0.3 is 26.1 Å². The van der Waals surface area contributed by atoms with Crippen molar-refractivity contribution in [2.45, 2.75) is 6.54 Å². The lowest BCUT2D eigenvalue weighted by molar-refractivity contribution is -0.118. The van der Waals surface area contributed by atoms with Crippen LogP contribution >= 0.6 is 0 Å². The van der Waals surface area contributed by atoms with E-state index in [0.717, 1.165) is 5.56 Å². The van der Waals surface area contributed by atoms with Crippen molar-refractivity contribution in [3.63, 3.8) is 0 Å². The number of carbonyl (C=O) groups excluding carboxylic acids is 2. The van der Waals surface area contributed by atoms with Crippen LogP contribution in [0.1, 0.15) is 16.2 Å². The number of benzene rings is 2. The topological polar surface area (TPSA) is 139 Å². The van der Waals surface area contributed by atoms with E-state index in [1.54, 1.807) is 30.3 Å². The molecular formula is C18H15N5O4. The lowest BCUT2D eigenvalue weighted by Crippen LogP contribution is -2.28. The van der Waals surface area contributed by atoms with Crippen LogP contribution in [0.3, 0.4) is 0 Å². The number of hydrogen-bond acceptors (Lipinski definition) is 6. The van der Waals surface area contributed by atoms with Crippen molar-refractivity contribution in [3.8, 4) is 5.75 Å². The fourth-order valence-corrected chi connectivity index (χ4v) is 2.77. The summed E-state index contributed by atoms with van der Waals surface area (Å²) in [6, 6.07) is 9.91. The normalized spacial score (nSPS) is 12.8. The van der Waals surface area contributed by atoms with Crippen LogP contribution in [0.15, 0.2) is 41.2 Å². The lowest BCUT2D eigenvalue weighted by atomic mass is 10.1. The molecule has 0 bridgehead atoms. The largest absolute Gasteiger partial charge is 0.482 e. The second-order valence-electron chi connectivity index (χ2n) is 6.04. The highest BCUT2D eigenvalue weighted by Crippen LogP contribution is 2.28. The molecule has 2 aromatic carbocycles. The Hall–Kier alpha value is -3.88. The number of rotatable bonds is 3. The van der Waals surface area contributed by atoms with Crippen molar-refractivity contribution in [1.82, 2.24) is 15.3 Å². The Morgan fingerprint density at radius 2 is 2.07 bits per heavy atom. The zero-order chi connectivity index (χ0) is 19.0. The molecule has 0 spiro atoms. The molecule has 0 unspecified atom stereocenters. The molecule has 9 nitrogen and oxygen atoms in total. The summed E-state index contributed by atoms with van der Waals surface area (Å²) in [5.74, 6) is -0.276. The van der Waals surface area contributed by atoms with Gasteiger partial charge in [0.15, 0.2) is 12.4 Å². The first-order valence-electron chi connectivity index (χ1n) is 8.13. The summed E-state index contributed by atoms with van der Waals surface area (Å²) >= 11 is 0. The minimum absolute atomic E-state index is 0.0181. The predicted octanol–water partition coefficient (Wildman–Crippen LogP) is 0.766. The predicted molar refractivity (Wildman–Crippen MR) is 98.5 cm³/mol. The molecule has 0 aliphatic carbocycles. The molecule has 9 heteroatoms. The molecule has 0 fully saturated rings. The number of aromatic nitrogens is 2. The van der Waals surface area contributed by atoms with E-state index in [4.69, 9.17) is 10.5 Å². The number of nitrogen functional groups attached to an aromatic ring is 1. The molecule has 2 heterocycles. The van der Waals surface area contributed by atoms with Gasteiger partial charge in [0, 0.05) is 12.2 Å². The Balaban J connectivity index is 1.52. The maximum atomic E-state index is 12.4. The van der Waals surface area contributed by atoms with Crippen molar-refractivity contribution < 1.29 is 14.3 Å². The third kappa shape index (κ3) is 3.30. The summed E-state index contributed by atoms with van der Waals surface area (Å²) in [6.07, 6.45) is 0. The quantitative estimate of drug-likeness (QED) is 0.506. The van der Waals surface area contributed by atoms with Gasteiger partial charge in [-0.25, -0.2) is 4.98 Å². The summed E-state index contributed by atoms with van der Waals surface area (Å²) < 4.78 is 5.29. The maximum absolute atomic E-state index is 12.4. The van der Waals surface area contributed by atoms with E-state index >= 15 is 0 Å². The monoisotopic (exact) mass is 365 g/mol. The Kier molecular flexibility index (Phi) is 3.96. The number of nitrogens with one attached hydrogen (secondary N) is 3. The van der Waals surface area contributed by atoms with Gasteiger partial charge in [0.1, 0.15) is 5.75 Å². The highest BCUT2D eigenvalue weighted by Gasteiger charge is 2.16. The van der Waals surface area contributed by atoms with Crippen LogP contribution in [0.5, 0.6) is 5.75 Å². The summed E-state index contributed by atoms with van der Waals surface area (Å²) in [5, 5.41) is 5.71. The van der Waals surface area contributed by atoms with Gasteiger partial charge >= 0.3 is 0 Å². The Morgan fingerprint density at radius 3 is 2.93 bits per heavy atom. The van der Waals surface area contributed by atoms with Crippen molar-refractivity contribution in [2.24, 2.45) is 0 Å². The third-order valence-corrected chi connectivity index (χ3v) is 4.07. The second-order valence-corrected chi connectivity index (χ2v) is 6.04. The first-order chi connectivity index (χ1) is 13.0. The zero-order valence-corrected chi connectivity index (χ0v) is 14.0. The van der Waals surface area contributed by atoms with Gasteiger partial charge in [-0.15, -0.1) is 0 Å². The number of fused-ring (bicyclic) bond motifs is 2. The van der Waals surface area contributed by atoms with Crippen molar-refractivity contribution in [2.75, 3.05) is 17.7 Å². The van der Waals surface area contributed by atoms with Crippen molar-refractivity contribution in [1.29, 1.82) is 0 Å². The molecule has 0 atom stereocenters. The highest BCUT2D eigenvalue weighted by atomic mass is 16.5. The number of hydrogen-bond donors (Lipinski definition) is 4. The van der Waals surface area contributed by atoms with Gasteiger partial charge in [-0.1, -0.05) is 6.07 Å². The van der Waals surface area contributed by atoms with E-state index in [1.807, 2.05) is 0 Å². The van der Waals surface area contributed by atoms with E-state index in [0.29, 0.717) is 28.0 Å². The van der Waals surface area contributed by atoms with E-state index in [-0.39, 0.29) is 24.9 Å². The standard InChI is InChI=1S/C18H15N5O4/c19-10-2-3-12-11(6-10)17(25)23-16(22-12)18(26)20-7-9-1-4-14-13(5-9)21-15(24)8-27-14/h1-6H,7-8,19H2,(H,20,26)(H,21,24)(H,22,23,25). The molecule has 3 aromatic rings. The minimum atomic E-state index is -0.524. The van der Waals surface area contributed by atoms with Crippen LogP contribution in [0, 0.1) is 0 Å². The Bertz CT molecular complexity index is 1140. The van der Waals surface area contributed by atoms with Crippen LogP contribution < -0.4 is 26.7 Å². The smallest absolute Gasteiger partial charge is 0.287 e. The van der Waals surface area contributed by atoms with Crippen LogP contribution in [-0.2, 0) is 11.3 Å². The number of H-pyrrole nitrogens is 1. The molecule has 0 saturated carbocycles. The molecule has 1 aliphatic rings. The molecular weight excluding hydrogens is 350 g/mol. The maximum Gasteiger partial charge on any atom is 0.287 e. The molecule has 0 saturated heterocycles. The van der Waals surface area contributed by atoms with E-state index in [9.17, 15) is 14.4 Å². The average molecular weight is 365 g/mol. The van der Waals surface area contributed by atoms with Crippen LogP contribution in [0.4, 0.5) is 11.4 Å². The van der Waals surface area contributed by atoms with E-state index in [1.165, 1.54) is 6.07 Å². The number of nitrogens with two attached hydrogens (primary N) is 1. The molecule has 5 N–H and O–H groups in total. The molecule has 136 valence electrons. The number of aromatic amines is 1. The fourth-order valence-electron chi connectivity index (χ4n) is 2.77. The van der Waals surface area contributed by atoms with Gasteiger partial charge in [0.05, 0.1) is 16.6 Å². The molecule has 2 amide bonds. The zero-order valence-electron chi connectivity index (χ0n) is 14.0. The SMILES string of the molecule is Nc1ccc2nc(C(=O)NCc3ccc4c(c3)NC(=O)CO4)[nH]c(=O)c2c1. The Labute approximate surface area is 152 Å². The summed E-state index contributed by atoms with van der Waals surface area (Å²) in [5.41, 5.74) is 7.35. The molecule has 1 aliphatic heterocycles. The molecule has 1 aromatic heterocycles. The van der Waals surface area contributed by atoms with Gasteiger partial charge in [0.2, 0.25) is 0 Å². The summed E-state index contributed by atoms with van der Waals surface area (Å²) in [4.78, 5) is 42.5. The number of anilines is 2. The molecule has 4 rings (SSSR count). The number of nitrogens with zero attached hydrogens (tertiary/aromatic N) is 1. The number of carbonyl (C=O) groups is 2. The highest BCUT2D eigenvalue weighted by molar-refractivity contribution is 5.95. The van der Waals surface area contributed by atoms with Gasteiger partial charge in [0.25, 0.3) is 17.4 Å². The van der Waals surface area contributed by atoms with Crippen molar-refractivity contribution in [3.05, 3.63) is 58.1 Å². The van der Waals surface area contributed by atoms with E-state index in [2.05, 4.69) is 20.6 Å². The van der Waals surface area contributed by atoms with Gasteiger partial charge in [-0.3, -0.25) is 14.4 Å². The minimum Gasteiger partial charge on any atom is -0.482 e. The van der Waals surface area contributed by atoms with Gasteiger partial charge in [-0.05, 0) is 35.9 Å². The molecule has 27 heavy (non-hydrogen) atoms. The van der Waals surface area contributed by atoms with E-state index < -0.39 is 11.5 Å². The lowest BCUT2D eigenvalue weighted by Gasteiger charge is -2.18. The first kappa shape index (κ1) is 16.6. The van der Waals surface area contributed by atoms with Crippen LogP contribution in [-0.4, -0.2) is 28.4 Å². The van der Waals surface area contributed by atoms with Crippen LogP contribution in [0.25, 0.3) is 10.9 Å². The average Bonchev–Trinajstić information content (AvgIpc) is 2.66. The van der Waals surface area contributed by atoms with Crippen LogP contribution in [0.2, 0.25) is 0 Å². The van der Waals surface area contributed by atoms with Gasteiger partial charge in [-0.2, -0.15) is 0 Å². The summed E-state index contributed by atoms with van der Waals surface area (Å²) in [6.45, 7) is 0.168. The van der Waals surface area contributed by atoms with Crippen molar-refractivity contribution >= 4 is 34.1 Å². The third-order valence-electron chi connectivity index (χ3n) is 4.07. The number of amides is 2. The summed E-state index contributed by atoms with van der Waals surface area (Å²) in [7, 11) is 0. The number of ether oxygens (including phenoxy) is 1.